The lowest BCUT2D eigenvalue weighted by atomic mass is 9.77. The average Bonchev–Trinajstić information content (AvgIpc) is 2.57. The standard InChI is InChI=1S/C15H26BNO3/c1-6-9-13(10-7-8-11-17-12-18)16-19-14(2,3)15(4,5)20-16/h7,9-10,12H,6,8,11H2,1-5H3,(H,17,18). The summed E-state index contributed by atoms with van der Waals surface area (Å²) < 4.78 is 12.1. The number of rotatable bonds is 7. The SMILES string of the molecule is CCC=C(C=CCCNC=O)B1OC(C)(C)C(C)(C)O1. The van der Waals surface area contributed by atoms with Crippen molar-refractivity contribution in [2.24, 2.45) is 0 Å². The summed E-state index contributed by atoms with van der Waals surface area (Å²) in [6, 6.07) is 0. The molecule has 1 saturated heterocycles. The predicted molar refractivity (Wildman–Crippen MR) is 82.3 cm³/mol. The molecule has 0 aromatic rings. The highest BCUT2D eigenvalue weighted by Gasteiger charge is 2.51. The van der Waals surface area contributed by atoms with Crippen LogP contribution in [0.25, 0.3) is 0 Å². The van der Waals surface area contributed by atoms with Gasteiger partial charge < -0.3 is 14.6 Å². The Kier molecular flexibility index (Phi) is 6.02. The van der Waals surface area contributed by atoms with E-state index in [-0.39, 0.29) is 18.3 Å². The number of nitrogens with one attached hydrogen (secondary N) is 1. The number of amides is 1. The summed E-state index contributed by atoms with van der Waals surface area (Å²) in [5.74, 6) is 0. The van der Waals surface area contributed by atoms with Crippen molar-refractivity contribution in [3.63, 3.8) is 0 Å². The van der Waals surface area contributed by atoms with E-state index in [4.69, 9.17) is 9.31 Å². The second-order valence-corrected chi connectivity index (χ2v) is 5.96. The van der Waals surface area contributed by atoms with E-state index >= 15 is 0 Å². The largest absolute Gasteiger partial charge is 0.494 e. The van der Waals surface area contributed by atoms with Gasteiger partial charge in [-0.3, -0.25) is 4.79 Å². The monoisotopic (exact) mass is 279 g/mol. The summed E-state index contributed by atoms with van der Waals surface area (Å²) in [6.07, 6.45) is 8.60. The Hall–Kier alpha value is -1.07. The van der Waals surface area contributed by atoms with Crippen LogP contribution >= 0.6 is 0 Å². The van der Waals surface area contributed by atoms with Gasteiger partial charge in [0.2, 0.25) is 6.41 Å². The molecule has 1 rings (SSSR count). The van der Waals surface area contributed by atoms with Crippen LogP contribution < -0.4 is 5.32 Å². The highest BCUT2D eigenvalue weighted by atomic mass is 16.7. The fourth-order valence-electron chi connectivity index (χ4n) is 1.90. The van der Waals surface area contributed by atoms with Gasteiger partial charge in [-0.2, -0.15) is 0 Å². The molecule has 0 aromatic carbocycles. The minimum Gasteiger partial charge on any atom is -0.399 e. The molecule has 0 aromatic heterocycles. The lowest BCUT2D eigenvalue weighted by Crippen LogP contribution is -2.41. The lowest BCUT2D eigenvalue weighted by molar-refractivity contribution is -0.109. The molecule has 1 aliphatic heterocycles. The smallest absolute Gasteiger partial charge is 0.399 e. The molecular weight excluding hydrogens is 253 g/mol. The molecule has 112 valence electrons. The van der Waals surface area contributed by atoms with E-state index in [0.717, 1.165) is 18.3 Å². The van der Waals surface area contributed by atoms with Crippen molar-refractivity contribution < 1.29 is 14.1 Å². The van der Waals surface area contributed by atoms with Crippen molar-refractivity contribution >= 4 is 13.5 Å². The fraction of sp³-hybridized carbons (Fsp3) is 0.667. The van der Waals surface area contributed by atoms with Crippen LogP contribution in [0.5, 0.6) is 0 Å². The second-order valence-electron chi connectivity index (χ2n) is 5.96. The first kappa shape index (κ1) is 17.0. The molecule has 0 bridgehead atoms. The van der Waals surface area contributed by atoms with Crippen LogP contribution in [0.15, 0.2) is 23.7 Å². The molecule has 1 aliphatic rings. The summed E-state index contributed by atoms with van der Waals surface area (Å²) in [5.41, 5.74) is 0.395. The van der Waals surface area contributed by atoms with Crippen LogP contribution in [0.3, 0.4) is 0 Å². The van der Waals surface area contributed by atoms with Gasteiger partial charge in [-0.25, -0.2) is 0 Å². The predicted octanol–water partition coefficient (Wildman–Crippen LogP) is 2.65. The molecule has 1 amide bonds. The lowest BCUT2D eigenvalue weighted by Gasteiger charge is -2.32. The van der Waals surface area contributed by atoms with Gasteiger partial charge in [0.25, 0.3) is 0 Å². The molecule has 20 heavy (non-hydrogen) atoms. The Balaban J connectivity index is 2.69. The third kappa shape index (κ3) is 4.22. The summed E-state index contributed by atoms with van der Waals surface area (Å²) in [4.78, 5) is 10.2. The van der Waals surface area contributed by atoms with E-state index in [1.165, 1.54) is 0 Å². The van der Waals surface area contributed by atoms with Crippen LogP contribution in [0.1, 0.15) is 47.5 Å². The molecule has 0 atom stereocenters. The maximum atomic E-state index is 10.2. The first-order valence-electron chi connectivity index (χ1n) is 7.23. The quantitative estimate of drug-likeness (QED) is 0.337. The Morgan fingerprint density at radius 2 is 1.80 bits per heavy atom. The van der Waals surface area contributed by atoms with Crippen molar-refractivity contribution in [3.05, 3.63) is 23.7 Å². The maximum Gasteiger partial charge on any atom is 0.494 e. The van der Waals surface area contributed by atoms with Crippen LogP contribution in [-0.4, -0.2) is 31.3 Å². The molecule has 1 N–H and O–H groups in total. The van der Waals surface area contributed by atoms with Gasteiger partial charge in [0, 0.05) is 6.54 Å². The molecule has 0 unspecified atom stereocenters. The van der Waals surface area contributed by atoms with E-state index in [1.807, 2.05) is 39.8 Å². The minimum absolute atomic E-state index is 0.322. The highest BCUT2D eigenvalue weighted by molar-refractivity contribution is 6.55. The zero-order valence-electron chi connectivity index (χ0n) is 13.2. The molecule has 0 spiro atoms. The van der Waals surface area contributed by atoms with E-state index in [2.05, 4.69) is 18.3 Å². The molecule has 5 heteroatoms. The van der Waals surface area contributed by atoms with Gasteiger partial charge in [0.15, 0.2) is 0 Å². The van der Waals surface area contributed by atoms with E-state index in [9.17, 15) is 4.79 Å². The fourth-order valence-corrected chi connectivity index (χ4v) is 1.90. The number of carbonyl (C=O) groups is 1. The van der Waals surface area contributed by atoms with Gasteiger partial charge >= 0.3 is 7.12 Å². The van der Waals surface area contributed by atoms with Crippen molar-refractivity contribution in [3.8, 4) is 0 Å². The first-order chi connectivity index (χ1) is 9.34. The Labute approximate surface area is 122 Å². The average molecular weight is 279 g/mol. The molecule has 0 radical (unpaired) electrons. The Morgan fingerprint density at radius 1 is 1.20 bits per heavy atom. The van der Waals surface area contributed by atoms with Crippen molar-refractivity contribution in [2.45, 2.75) is 58.7 Å². The highest BCUT2D eigenvalue weighted by Crippen LogP contribution is 2.38. The number of hydrogen-bond acceptors (Lipinski definition) is 3. The summed E-state index contributed by atoms with van der Waals surface area (Å²) >= 11 is 0. The summed E-state index contributed by atoms with van der Waals surface area (Å²) in [5, 5.41) is 2.64. The van der Waals surface area contributed by atoms with Crippen LogP contribution in [-0.2, 0) is 14.1 Å². The Bertz CT molecular complexity index is 373. The van der Waals surface area contributed by atoms with E-state index < -0.39 is 0 Å². The molecule has 0 saturated carbocycles. The van der Waals surface area contributed by atoms with Crippen molar-refractivity contribution in [1.29, 1.82) is 0 Å². The third-order valence-corrected chi connectivity index (χ3v) is 3.81. The summed E-state index contributed by atoms with van der Waals surface area (Å²) in [6.45, 7) is 10.9. The van der Waals surface area contributed by atoms with Gasteiger partial charge in [-0.1, -0.05) is 25.2 Å². The maximum absolute atomic E-state index is 10.2. The molecule has 1 heterocycles. The zero-order chi connectivity index (χ0) is 15.2. The molecule has 4 nitrogen and oxygen atoms in total. The molecule has 0 aliphatic carbocycles. The van der Waals surface area contributed by atoms with Crippen molar-refractivity contribution in [1.82, 2.24) is 5.32 Å². The van der Waals surface area contributed by atoms with Gasteiger partial charge in [-0.15, -0.1) is 0 Å². The molecule has 1 fully saturated rings. The van der Waals surface area contributed by atoms with E-state index in [0.29, 0.717) is 13.0 Å². The minimum atomic E-state index is -0.324. The number of hydrogen-bond donors (Lipinski definition) is 1. The van der Waals surface area contributed by atoms with Gasteiger partial charge in [0.05, 0.1) is 11.2 Å². The van der Waals surface area contributed by atoms with Crippen LogP contribution in [0.4, 0.5) is 0 Å². The number of allylic oxidation sites excluding steroid dienone is 3. The second kappa shape index (κ2) is 7.09. The third-order valence-electron chi connectivity index (χ3n) is 3.81. The van der Waals surface area contributed by atoms with Crippen LogP contribution in [0.2, 0.25) is 0 Å². The van der Waals surface area contributed by atoms with E-state index in [1.54, 1.807) is 0 Å². The van der Waals surface area contributed by atoms with Crippen molar-refractivity contribution in [2.75, 3.05) is 6.54 Å². The zero-order valence-corrected chi connectivity index (χ0v) is 13.2. The van der Waals surface area contributed by atoms with Gasteiger partial charge in [-0.05, 0) is 46.0 Å². The van der Waals surface area contributed by atoms with Crippen LogP contribution in [0, 0.1) is 0 Å². The normalized spacial score (nSPS) is 21.4. The number of carbonyl (C=O) groups excluding carboxylic acids is 1. The van der Waals surface area contributed by atoms with Gasteiger partial charge in [0.1, 0.15) is 0 Å². The first-order valence-corrected chi connectivity index (χ1v) is 7.23. The topological polar surface area (TPSA) is 47.6 Å². The summed E-state index contributed by atoms with van der Waals surface area (Å²) in [7, 11) is -0.324. The Morgan fingerprint density at radius 3 is 2.30 bits per heavy atom. The molecular formula is C15H26BNO3.